The fraction of sp³-hybridized carbons (Fsp3) is 0.542. The third-order valence-corrected chi connectivity index (χ3v) is 7.00. The monoisotopic (exact) mass is 483 g/mol. The van der Waals surface area contributed by atoms with Crippen molar-refractivity contribution in [3.05, 3.63) is 35.4 Å². The molecule has 0 radical (unpaired) electrons. The number of rotatable bonds is 4. The molecule has 186 valence electrons. The normalized spacial score (nSPS) is 22.2. The topological polar surface area (TPSA) is 120 Å². The Morgan fingerprint density at radius 1 is 0.857 bits per heavy atom. The van der Waals surface area contributed by atoms with Crippen molar-refractivity contribution in [3.63, 3.8) is 0 Å². The minimum Gasteiger partial charge on any atom is -0.378 e. The van der Waals surface area contributed by atoms with Crippen LogP contribution in [0.5, 0.6) is 0 Å². The Bertz CT molecular complexity index is 1040. The van der Waals surface area contributed by atoms with Crippen molar-refractivity contribution >= 4 is 29.5 Å². The minimum absolute atomic E-state index is 0.0622. The number of ether oxygens (including phenoxy) is 1. The first kappa shape index (κ1) is 23.3. The molecule has 3 fully saturated rings. The Balaban J connectivity index is 1.13. The van der Waals surface area contributed by atoms with Crippen molar-refractivity contribution < 1.29 is 28.7 Å². The van der Waals surface area contributed by atoms with E-state index in [0.717, 1.165) is 12.8 Å². The molecular formula is C24H29N5O6. The summed E-state index contributed by atoms with van der Waals surface area (Å²) in [7, 11) is 0. The van der Waals surface area contributed by atoms with Crippen LogP contribution in [-0.2, 0) is 23.9 Å². The van der Waals surface area contributed by atoms with Gasteiger partial charge in [-0.2, -0.15) is 0 Å². The van der Waals surface area contributed by atoms with Gasteiger partial charge in [0.25, 0.3) is 5.91 Å². The molecule has 1 N–H and O–H groups in total. The Morgan fingerprint density at radius 2 is 1.46 bits per heavy atom. The molecule has 11 nitrogen and oxygen atoms in total. The number of fused-ring (bicyclic) bond motifs is 1. The lowest BCUT2D eigenvalue weighted by Gasteiger charge is -2.36. The smallest absolute Gasteiger partial charge is 0.312 e. The highest BCUT2D eigenvalue weighted by Crippen LogP contribution is 2.41. The van der Waals surface area contributed by atoms with E-state index in [-0.39, 0.29) is 56.5 Å². The average Bonchev–Trinajstić information content (AvgIpc) is 3.70. The van der Waals surface area contributed by atoms with Gasteiger partial charge in [-0.3, -0.25) is 24.0 Å². The zero-order chi connectivity index (χ0) is 24.5. The SMILES string of the molecule is O=C(NCC(=O)N1CCN(C(=O)C(=O)N2CCOCC2)CC1)C1c2ccccc2C(=O)N1C1CC1. The van der Waals surface area contributed by atoms with Crippen LogP contribution in [-0.4, -0.2) is 114 Å². The van der Waals surface area contributed by atoms with Crippen molar-refractivity contribution in [1.82, 2.24) is 24.9 Å². The van der Waals surface area contributed by atoms with E-state index < -0.39 is 17.9 Å². The van der Waals surface area contributed by atoms with Crippen LogP contribution in [0.15, 0.2) is 24.3 Å². The molecule has 5 rings (SSSR count). The number of nitrogens with zero attached hydrogens (tertiary/aromatic N) is 4. The molecule has 5 amide bonds. The van der Waals surface area contributed by atoms with E-state index in [9.17, 15) is 24.0 Å². The first-order valence-corrected chi connectivity index (χ1v) is 12.1. The number of nitrogens with one attached hydrogen (secondary N) is 1. The Morgan fingerprint density at radius 3 is 2.11 bits per heavy atom. The van der Waals surface area contributed by atoms with Gasteiger partial charge in [-0.25, -0.2) is 0 Å². The highest BCUT2D eigenvalue weighted by molar-refractivity contribution is 6.35. The second kappa shape index (κ2) is 9.65. The predicted octanol–water partition coefficient (Wildman–Crippen LogP) is -1.01. The number of hydrogen-bond donors (Lipinski definition) is 1. The van der Waals surface area contributed by atoms with Gasteiger partial charge >= 0.3 is 11.8 Å². The van der Waals surface area contributed by atoms with Crippen LogP contribution in [0.25, 0.3) is 0 Å². The number of carbonyl (C=O) groups is 5. The van der Waals surface area contributed by atoms with E-state index in [1.165, 1.54) is 9.80 Å². The van der Waals surface area contributed by atoms with Crippen molar-refractivity contribution in [2.45, 2.75) is 24.9 Å². The number of morpholine rings is 1. The maximum atomic E-state index is 13.1. The number of carbonyl (C=O) groups excluding carboxylic acids is 5. The maximum Gasteiger partial charge on any atom is 0.312 e. The van der Waals surface area contributed by atoms with Gasteiger partial charge in [0.2, 0.25) is 11.8 Å². The molecule has 1 aromatic carbocycles. The summed E-state index contributed by atoms with van der Waals surface area (Å²) < 4.78 is 5.22. The molecule has 3 aliphatic heterocycles. The van der Waals surface area contributed by atoms with E-state index in [1.54, 1.807) is 34.1 Å². The van der Waals surface area contributed by atoms with Crippen molar-refractivity contribution in [1.29, 1.82) is 0 Å². The van der Waals surface area contributed by atoms with Gasteiger partial charge in [0.1, 0.15) is 6.04 Å². The van der Waals surface area contributed by atoms with Gasteiger partial charge in [0.05, 0.1) is 19.8 Å². The predicted molar refractivity (Wildman–Crippen MR) is 122 cm³/mol. The molecule has 35 heavy (non-hydrogen) atoms. The summed E-state index contributed by atoms with van der Waals surface area (Å²) in [6.07, 6.45) is 1.75. The fourth-order valence-electron chi connectivity index (χ4n) is 4.90. The van der Waals surface area contributed by atoms with Gasteiger partial charge in [-0.15, -0.1) is 0 Å². The van der Waals surface area contributed by atoms with Gasteiger partial charge in [-0.05, 0) is 24.5 Å². The van der Waals surface area contributed by atoms with Gasteiger partial charge in [0, 0.05) is 50.9 Å². The highest BCUT2D eigenvalue weighted by Gasteiger charge is 2.47. The van der Waals surface area contributed by atoms with Gasteiger partial charge < -0.3 is 29.7 Å². The number of benzene rings is 1. The highest BCUT2D eigenvalue weighted by atomic mass is 16.5. The second-order valence-electron chi connectivity index (χ2n) is 9.23. The number of piperazine rings is 1. The summed E-state index contributed by atoms with van der Waals surface area (Å²) >= 11 is 0. The molecule has 11 heteroatoms. The van der Waals surface area contributed by atoms with Crippen LogP contribution >= 0.6 is 0 Å². The lowest BCUT2D eigenvalue weighted by Crippen LogP contribution is -2.56. The third kappa shape index (κ3) is 4.60. The molecule has 1 saturated carbocycles. The lowest BCUT2D eigenvalue weighted by atomic mass is 10.0. The summed E-state index contributed by atoms with van der Waals surface area (Å²) in [5.41, 5.74) is 1.21. The fourth-order valence-corrected chi connectivity index (χ4v) is 4.90. The van der Waals surface area contributed by atoms with Crippen LogP contribution in [0.2, 0.25) is 0 Å². The van der Waals surface area contributed by atoms with E-state index >= 15 is 0 Å². The summed E-state index contributed by atoms with van der Waals surface area (Å²) in [5, 5.41) is 2.71. The molecule has 1 unspecified atom stereocenters. The number of amides is 5. The number of hydrogen-bond acceptors (Lipinski definition) is 6. The summed E-state index contributed by atoms with van der Waals surface area (Å²) in [5.74, 6) is -1.86. The molecule has 1 atom stereocenters. The van der Waals surface area contributed by atoms with E-state index in [0.29, 0.717) is 37.4 Å². The second-order valence-corrected chi connectivity index (χ2v) is 9.23. The molecular weight excluding hydrogens is 454 g/mol. The van der Waals surface area contributed by atoms with Crippen LogP contribution < -0.4 is 5.32 Å². The Labute approximate surface area is 202 Å². The summed E-state index contributed by atoms with van der Waals surface area (Å²) in [6.45, 7) is 2.55. The molecule has 0 bridgehead atoms. The van der Waals surface area contributed by atoms with Crippen LogP contribution in [0.3, 0.4) is 0 Å². The van der Waals surface area contributed by atoms with E-state index in [2.05, 4.69) is 5.32 Å². The van der Waals surface area contributed by atoms with Crippen molar-refractivity contribution in [2.75, 3.05) is 59.0 Å². The van der Waals surface area contributed by atoms with Crippen LogP contribution in [0.4, 0.5) is 0 Å². The van der Waals surface area contributed by atoms with E-state index in [1.807, 2.05) is 0 Å². The van der Waals surface area contributed by atoms with Gasteiger partial charge in [-0.1, -0.05) is 18.2 Å². The zero-order valence-corrected chi connectivity index (χ0v) is 19.5. The standard InChI is InChI=1S/C24H29N5O6/c30-19(26-7-9-27(10-8-26)23(33)24(34)28-11-13-35-14-12-28)15-25-21(31)20-17-3-1-2-4-18(17)22(32)29(20)16-5-6-16/h1-4,16,20H,5-15H2,(H,25,31). The third-order valence-electron chi connectivity index (χ3n) is 7.00. The Hall–Kier alpha value is -3.47. The Kier molecular flexibility index (Phi) is 6.42. The zero-order valence-electron chi connectivity index (χ0n) is 19.5. The first-order valence-electron chi connectivity index (χ1n) is 12.1. The largest absolute Gasteiger partial charge is 0.378 e. The van der Waals surface area contributed by atoms with Crippen LogP contribution in [0, 0.1) is 0 Å². The molecule has 3 heterocycles. The summed E-state index contributed by atoms with van der Waals surface area (Å²) in [4.78, 5) is 69.8. The van der Waals surface area contributed by atoms with E-state index in [4.69, 9.17) is 4.74 Å². The summed E-state index contributed by atoms with van der Waals surface area (Å²) in [6, 6.07) is 6.45. The molecule has 0 aromatic heterocycles. The average molecular weight is 484 g/mol. The minimum atomic E-state index is -0.723. The lowest BCUT2D eigenvalue weighted by molar-refractivity contribution is -0.155. The quantitative estimate of drug-likeness (QED) is 0.549. The van der Waals surface area contributed by atoms with Gasteiger partial charge in [0.15, 0.2) is 0 Å². The van der Waals surface area contributed by atoms with Crippen LogP contribution in [0.1, 0.15) is 34.8 Å². The maximum absolute atomic E-state index is 13.1. The molecule has 2 saturated heterocycles. The molecule has 4 aliphatic rings. The van der Waals surface area contributed by atoms with Crippen molar-refractivity contribution in [3.8, 4) is 0 Å². The first-order chi connectivity index (χ1) is 17.0. The molecule has 1 aromatic rings. The molecule has 0 spiro atoms. The molecule has 1 aliphatic carbocycles. The van der Waals surface area contributed by atoms with Crippen molar-refractivity contribution in [2.24, 2.45) is 0 Å².